The van der Waals surface area contributed by atoms with Crippen molar-refractivity contribution in [1.29, 1.82) is 0 Å². The first-order valence-electron chi connectivity index (χ1n) is 3.11. The number of nitrogens with one attached hydrogen (secondary N) is 1. The van der Waals surface area contributed by atoms with E-state index in [1.54, 1.807) is 6.07 Å². The van der Waals surface area contributed by atoms with E-state index >= 15 is 0 Å². The molecule has 0 saturated heterocycles. The number of hydrogen-bond acceptors (Lipinski definition) is 2. The van der Waals surface area contributed by atoms with E-state index < -0.39 is 0 Å². The van der Waals surface area contributed by atoms with Crippen molar-refractivity contribution in [2.24, 2.45) is 5.84 Å². The molecule has 0 saturated carbocycles. The molecule has 0 radical (unpaired) electrons. The molecule has 12 heavy (non-hydrogen) atoms. The average Bonchev–Trinajstić information content (AvgIpc) is 1.85. The van der Waals surface area contributed by atoms with Gasteiger partial charge in [0.05, 0.1) is 0 Å². The lowest BCUT2D eigenvalue weighted by Crippen LogP contribution is -2.20. The van der Waals surface area contributed by atoms with Crippen molar-refractivity contribution in [3.63, 3.8) is 0 Å². The standard InChI is InChI=1S/C7H8Cl2N2.ClH/c8-6-1-5(4-11-10)2-7(9)3-6;/h1-3,11H,4,10H2;1H. The highest BCUT2D eigenvalue weighted by Crippen LogP contribution is 2.18. The van der Waals surface area contributed by atoms with E-state index in [0.29, 0.717) is 16.6 Å². The van der Waals surface area contributed by atoms with Crippen LogP contribution in [0.25, 0.3) is 0 Å². The molecule has 0 spiro atoms. The first-order valence-corrected chi connectivity index (χ1v) is 3.86. The van der Waals surface area contributed by atoms with Crippen LogP contribution in [0.3, 0.4) is 0 Å². The molecule has 0 aliphatic carbocycles. The highest BCUT2D eigenvalue weighted by Gasteiger charge is 1.95. The molecule has 1 rings (SSSR count). The third-order valence-electron chi connectivity index (χ3n) is 1.23. The van der Waals surface area contributed by atoms with Gasteiger partial charge in [-0.2, -0.15) is 0 Å². The largest absolute Gasteiger partial charge is 0.271 e. The smallest absolute Gasteiger partial charge is 0.0424 e. The molecule has 0 aliphatic heterocycles. The normalized spacial score (nSPS) is 9.25. The predicted octanol–water partition coefficient (Wildman–Crippen LogP) is 2.38. The molecule has 2 nitrogen and oxygen atoms in total. The minimum absolute atomic E-state index is 0. The maximum atomic E-state index is 5.73. The van der Waals surface area contributed by atoms with Crippen LogP contribution in [0.4, 0.5) is 0 Å². The summed E-state index contributed by atoms with van der Waals surface area (Å²) in [5.41, 5.74) is 3.50. The van der Waals surface area contributed by atoms with Gasteiger partial charge in [0.1, 0.15) is 0 Å². The van der Waals surface area contributed by atoms with E-state index in [2.05, 4.69) is 5.43 Å². The Morgan fingerprint density at radius 3 is 2.08 bits per heavy atom. The number of hydrazine groups is 1. The fraction of sp³-hybridized carbons (Fsp3) is 0.143. The van der Waals surface area contributed by atoms with Crippen LogP contribution in [0, 0.1) is 0 Å². The lowest BCUT2D eigenvalue weighted by atomic mass is 10.2. The van der Waals surface area contributed by atoms with Crippen molar-refractivity contribution < 1.29 is 0 Å². The number of benzene rings is 1. The SMILES string of the molecule is Cl.NNCc1cc(Cl)cc(Cl)c1. The average molecular weight is 228 g/mol. The first kappa shape index (κ1) is 12.0. The maximum Gasteiger partial charge on any atom is 0.0424 e. The van der Waals surface area contributed by atoms with E-state index in [0.717, 1.165) is 5.56 Å². The van der Waals surface area contributed by atoms with Gasteiger partial charge in [-0.25, -0.2) is 0 Å². The second kappa shape index (κ2) is 5.62. The van der Waals surface area contributed by atoms with Gasteiger partial charge < -0.3 is 0 Å². The van der Waals surface area contributed by atoms with Gasteiger partial charge >= 0.3 is 0 Å². The Balaban J connectivity index is 0.00000121. The molecule has 0 unspecified atom stereocenters. The Morgan fingerprint density at radius 2 is 1.67 bits per heavy atom. The molecular formula is C7H9Cl3N2. The zero-order chi connectivity index (χ0) is 8.27. The van der Waals surface area contributed by atoms with Crippen molar-refractivity contribution >= 4 is 35.6 Å². The van der Waals surface area contributed by atoms with Crippen molar-refractivity contribution in [2.45, 2.75) is 6.54 Å². The lowest BCUT2D eigenvalue weighted by molar-refractivity contribution is 0.741. The van der Waals surface area contributed by atoms with E-state index in [1.165, 1.54) is 0 Å². The van der Waals surface area contributed by atoms with Gasteiger partial charge in [-0.15, -0.1) is 12.4 Å². The summed E-state index contributed by atoms with van der Waals surface area (Å²) in [5, 5.41) is 1.26. The Kier molecular flexibility index (Phi) is 5.63. The van der Waals surface area contributed by atoms with Crippen molar-refractivity contribution in [3.05, 3.63) is 33.8 Å². The lowest BCUT2D eigenvalue weighted by Gasteiger charge is -2.00. The summed E-state index contributed by atoms with van der Waals surface area (Å²) >= 11 is 11.5. The summed E-state index contributed by atoms with van der Waals surface area (Å²) in [4.78, 5) is 0. The van der Waals surface area contributed by atoms with E-state index in [-0.39, 0.29) is 12.4 Å². The van der Waals surface area contributed by atoms with Gasteiger partial charge in [-0.3, -0.25) is 11.3 Å². The van der Waals surface area contributed by atoms with Crippen LogP contribution in [0.15, 0.2) is 18.2 Å². The summed E-state index contributed by atoms with van der Waals surface area (Å²) in [6, 6.07) is 5.31. The van der Waals surface area contributed by atoms with Gasteiger partial charge in [0.15, 0.2) is 0 Å². The fourth-order valence-corrected chi connectivity index (χ4v) is 1.40. The minimum atomic E-state index is 0. The first-order chi connectivity index (χ1) is 5.22. The zero-order valence-corrected chi connectivity index (χ0v) is 8.51. The van der Waals surface area contributed by atoms with Crippen LogP contribution < -0.4 is 11.3 Å². The van der Waals surface area contributed by atoms with Gasteiger partial charge in [-0.05, 0) is 23.8 Å². The summed E-state index contributed by atoms with van der Waals surface area (Å²) in [6.45, 7) is 0.570. The molecule has 0 amide bonds. The van der Waals surface area contributed by atoms with Crippen LogP contribution in [-0.2, 0) is 6.54 Å². The molecule has 0 aromatic heterocycles. The van der Waals surface area contributed by atoms with E-state index in [9.17, 15) is 0 Å². The molecule has 1 aromatic carbocycles. The third kappa shape index (κ3) is 3.61. The summed E-state index contributed by atoms with van der Waals surface area (Å²) in [7, 11) is 0. The highest BCUT2D eigenvalue weighted by atomic mass is 35.5. The number of hydrogen-bond donors (Lipinski definition) is 2. The van der Waals surface area contributed by atoms with Gasteiger partial charge in [0, 0.05) is 16.6 Å². The molecular weight excluding hydrogens is 218 g/mol. The monoisotopic (exact) mass is 226 g/mol. The van der Waals surface area contributed by atoms with Crippen LogP contribution in [-0.4, -0.2) is 0 Å². The van der Waals surface area contributed by atoms with Crippen molar-refractivity contribution in [3.8, 4) is 0 Å². The Morgan fingerprint density at radius 1 is 1.17 bits per heavy atom. The highest BCUT2D eigenvalue weighted by molar-refractivity contribution is 6.34. The Hall–Kier alpha value is 0.01000. The van der Waals surface area contributed by atoms with Gasteiger partial charge in [-0.1, -0.05) is 23.2 Å². The molecule has 1 aromatic rings. The Labute approximate surface area is 87.4 Å². The molecule has 0 aliphatic rings. The predicted molar refractivity (Wildman–Crippen MR) is 54.7 cm³/mol. The second-order valence-electron chi connectivity index (χ2n) is 2.16. The molecule has 0 heterocycles. The molecule has 5 heteroatoms. The molecule has 0 atom stereocenters. The zero-order valence-electron chi connectivity index (χ0n) is 6.18. The molecule has 0 bridgehead atoms. The number of rotatable bonds is 2. The van der Waals surface area contributed by atoms with Crippen LogP contribution in [0.1, 0.15) is 5.56 Å². The quantitative estimate of drug-likeness (QED) is 0.601. The van der Waals surface area contributed by atoms with Gasteiger partial charge in [0.2, 0.25) is 0 Å². The van der Waals surface area contributed by atoms with Crippen LogP contribution in [0.5, 0.6) is 0 Å². The van der Waals surface area contributed by atoms with Crippen LogP contribution >= 0.6 is 35.6 Å². The summed E-state index contributed by atoms with van der Waals surface area (Å²) < 4.78 is 0. The third-order valence-corrected chi connectivity index (χ3v) is 1.66. The van der Waals surface area contributed by atoms with Crippen molar-refractivity contribution in [2.75, 3.05) is 0 Å². The summed E-state index contributed by atoms with van der Waals surface area (Å²) in [6.07, 6.45) is 0. The fourth-order valence-electron chi connectivity index (χ4n) is 0.831. The van der Waals surface area contributed by atoms with E-state index in [1.807, 2.05) is 12.1 Å². The topological polar surface area (TPSA) is 38.0 Å². The van der Waals surface area contributed by atoms with E-state index in [4.69, 9.17) is 29.0 Å². The molecule has 0 fully saturated rings. The minimum Gasteiger partial charge on any atom is -0.271 e. The second-order valence-corrected chi connectivity index (χ2v) is 3.03. The van der Waals surface area contributed by atoms with Gasteiger partial charge in [0.25, 0.3) is 0 Å². The van der Waals surface area contributed by atoms with Crippen molar-refractivity contribution in [1.82, 2.24) is 5.43 Å². The maximum absolute atomic E-state index is 5.73. The van der Waals surface area contributed by atoms with Crippen LogP contribution in [0.2, 0.25) is 10.0 Å². The molecule has 68 valence electrons. The number of halogens is 3. The number of nitrogens with two attached hydrogens (primary N) is 1. The summed E-state index contributed by atoms with van der Waals surface area (Å²) in [5.74, 6) is 5.12. The molecule has 3 N–H and O–H groups in total. The Bertz CT molecular complexity index is 232.